The standard InChI is InChI=1S/C29H53FO.C22H40FNO2/c1-3-5-7-9-11-12-13-14-15-16-17-18-20-21-23-25-28(30)27-29(31)26-24-22-19-10-8-6-4-2;1-4-5-6-7-8-9-10-11-12-13-14-15-16-17-18-19-21(23)20-22(25)24(2)26-3/h11-12,14-15,28H,3-10,13,16-27H2,1-2H3;8-9,11-12,21H,4-7,10,13-20H2,1-3H3/b12-11-,15-14-;9-8-,12-11-. The second-order valence-corrected chi connectivity index (χ2v) is 16.1. The largest absolute Gasteiger partial charge is 0.300 e. The van der Waals surface area contributed by atoms with E-state index in [4.69, 9.17) is 4.84 Å². The number of Topliss-reactive ketones (excluding diaryl/α,β-unsaturated/α-hetero) is 1. The van der Waals surface area contributed by atoms with Crippen molar-refractivity contribution in [3.63, 3.8) is 0 Å². The summed E-state index contributed by atoms with van der Waals surface area (Å²) < 4.78 is 27.7. The van der Waals surface area contributed by atoms with Gasteiger partial charge in [-0.2, -0.15) is 0 Å². The highest BCUT2D eigenvalue weighted by Crippen LogP contribution is 2.16. The summed E-state index contributed by atoms with van der Waals surface area (Å²) in [5.74, 6) is -0.175. The average Bonchev–Trinajstić information content (AvgIpc) is 3.20. The molecule has 2 atom stereocenters. The maximum absolute atomic E-state index is 14.0. The summed E-state index contributed by atoms with van der Waals surface area (Å²) in [6, 6.07) is 0. The third-order valence-corrected chi connectivity index (χ3v) is 10.5. The number of unbranched alkanes of at least 4 members (excludes halogenated alkanes) is 22. The van der Waals surface area contributed by atoms with Gasteiger partial charge in [-0.05, 0) is 83.5 Å². The van der Waals surface area contributed by atoms with Crippen molar-refractivity contribution in [2.45, 2.75) is 251 Å². The molecule has 2 unspecified atom stereocenters. The molecule has 0 rings (SSSR count). The number of halogens is 2. The molecule has 0 aromatic heterocycles. The summed E-state index contributed by atoms with van der Waals surface area (Å²) in [5, 5.41) is 1.09. The molecule has 334 valence electrons. The number of hydroxylamine groups is 2. The van der Waals surface area contributed by atoms with Crippen LogP contribution in [-0.4, -0.2) is 43.3 Å². The van der Waals surface area contributed by atoms with Crippen molar-refractivity contribution >= 4 is 11.7 Å². The van der Waals surface area contributed by atoms with E-state index in [-0.39, 0.29) is 24.5 Å². The first-order valence-electron chi connectivity index (χ1n) is 24.0. The highest BCUT2D eigenvalue weighted by Gasteiger charge is 2.16. The molecule has 4 nitrogen and oxygen atoms in total. The van der Waals surface area contributed by atoms with E-state index in [1.165, 1.54) is 130 Å². The van der Waals surface area contributed by atoms with Gasteiger partial charge in [0.05, 0.1) is 13.5 Å². The van der Waals surface area contributed by atoms with Crippen molar-refractivity contribution in [3.8, 4) is 0 Å². The number of alkyl halides is 2. The number of hydrogen-bond acceptors (Lipinski definition) is 3. The lowest BCUT2D eigenvalue weighted by Crippen LogP contribution is -2.27. The van der Waals surface area contributed by atoms with Crippen molar-refractivity contribution in [2.24, 2.45) is 0 Å². The van der Waals surface area contributed by atoms with Crippen LogP contribution in [-0.2, 0) is 14.4 Å². The lowest BCUT2D eigenvalue weighted by Gasteiger charge is -2.15. The van der Waals surface area contributed by atoms with Gasteiger partial charge in [-0.1, -0.05) is 185 Å². The lowest BCUT2D eigenvalue weighted by molar-refractivity contribution is -0.169. The summed E-state index contributed by atoms with van der Waals surface area (Å²) >= 11 is 0. The van der Waals surface area contributed by atoms with Gasteiger partial charge in [0.25, 0.3) is 0 Å². The van der Waals surface area contributed by atoms with Crippen LogP contribution in [0.3, 0.4) is 0 Å². The third-order valence-electron chi connectivity index (χ3n) is 10.5. The van der Waals surface area contributed by atoms with E-state index in [1.807, 2.05) is 0 Å². The number of amides is 1. The molecule has 0 aliphatic carbocycles. The smallest absolute Gasteiger partial charge is 0.248 e. The van der Waals surface area contributed by atoms with E-state index in [0.29, 0.717) is 19.3 Å². The molecular weight excluding hydrogens is 713 g/mol. The van der Waals surface area contributed by atoms with E-state index >= 15 is 0 Å². The zero-order chi connectivity index (χ0) is 42.3. The molecule has 0 bridgehead atoms. The van der Waals surface area contributed by atoms with Crippen molar-refractivity contribution in [3.05, 3.63) is 48.6 Å². The molecule has 0 saturated carbocycles. The van der Waals surface area contributed by atoms with Crippen LogP contribution >= 0.6 is 0 Å². The molecule has 0 aliphatic heterocycles. The van der Waals surface area contributed by atoms with Gasteiger partial charge in [-0.3, -0.25) is 14.4 Å². The summed E-state index contributed by atoms with van der Waals surface area (Å²) in [6.45, 7) is 6.70. The van der Waals surface area contributed by atoms with E-state index in [1.54, 1.807) is 0 Å². The Morgan fingerprint density at radius 3 is 1.23 bits per heavy atom. The zero-order valence-corrected chi connectivity index (χ0v) is 38.2. The Kier molecular flexibility index (Phi) is 48.3. The molecule has 1 amide bonds. The van der Waals surface area contributed by atoms with Gasteiger partial charge >= 0.3 is 0 Å². The van der Waals surface area contributed by atoms with Gasteiger partial charge in [-0.15, -0.1) is 0 Å². The molecular formula is C51H93F2NO3. The fourth-order valence-electron chi connectivity index (χ4n) is 6.61. The fourth-order valence-corrected chi connectivity index (χ4v) is 6.61. The Morgan fingerprint density at radius 1 is 0.474 bits per heavy atom. The quantitative estimate of drug-likeness (QED) is 0.0351. The van der Waals surface area contributed by atoms with Crippen LogP contribution in [0.15, 0.2) is 48.6 Å². The summed E-state index contributed by atoms with van der Waals surface area (Å²) in [7, 11) is 2.92. The van der Waals surface area contributed by atoms with Crippen LogP contribution in [0.5, 0.6) is 0 Å². The first-order valence-corrected chi connectivity index (χ1v) is 24.0. The van der Waals surface area contributed by atoms with Gasteiger partial charge < -0.3 is 0 Å². The number of allylic oxidation sites excluding steroid dienone is 8. The minimum absolute atomic E-state index is 0.0812. The van der Waals surface area contributed by atoms with Gasteiger partial charge in [0.15, 0.2) is 0 Å². The summed E-state index contributed by atoms with van der Waals surface area (Å²) in [6.07, 6.45) is 52.1. The monoisotopic (exact) mass is 806 g/mol. The number of ketones is 1. The molecule has 0 aromatic carbocycles. The second kappa shape index (κ2) is 48.3. The Hall–Kier alpha value is -2.08. The number of rotatable bonds is 41. The summed E-state index contributed by atoms with van der Waals surface area (Å²) in [4.78, 5) is 28.1. The van der Waals surface area contributed by atoms with Crippen molar-refractivity contribution < 1.29 is 23.2 Å². The molecule has 0 saturated heterocycles. The first-order chi connectivity index (χ1) is 27.8. The topological polar surface area (TPSA) is 46.6 Å². The Morgan fingerprint density at radius 2 is 0.807 bits per heavy atom. The van der Waals surface area contributed by atoms with Crippen molar-refractivity contribution in [2.75, 3.05) is 14.2 Å². The average molecular weight is 806 g/mol. The molecule has 0 heterocycles. The molecule has 0 aromatic rings. The minimum Gasteiger partial charge on any atom is -0.300 e. The van der Waals surface area contributed by atoms with Gasteiger partial charge in [-0.25, -0.2) is 13.8 Å². The number of nitrogens with zero attached hydrogens (tertiary/aromatic N) is 1. The van der Waals surface area contributed by atoms with Crippen molar-refractivity contribution in [1.82, 2.24) is 5.06 Å². The number of hydrogen-bond donors (Lipinski definition) is 0. The van der Waals surface area contributed by atoms with Gasteiger partial charge in [0, 0.05) is 19.9 Å². The van der Waals surface area contributed by atoms with Crippen LogP contribution in [0.4, 0.5) is 8.78 Å². The van der Waals surface area contributed by atoms with E-state index < -0.39 is 12.3 Å². The molecule has 0 fully saturated rings. The molecule has 0 aliphatic rings. The lowest BCUT2D eigenvalue weighted by atomic mass is 10.0. The number of carbonyl (C=O) groups excluding carboxylic acids is 2. The van der Waals surface area contributed by atoms with Crippen LogP contribution < -0.4 is 0 Å². The van der Waals surface area contributed by atoms with E-state index in [9.17, 15) is 18.4 Å². The number of carbonyl (C=O) groups is 2. The minimum atomic E-state index is -1.06. The normalized spacial score (nSPS) is 12.9. The SMILES string of the molecule is CCCCC/C=C\C/C=C\CCCCCCCC(F)CC(=O)CCCCCCCCC.CCCCC/C=C\C/C=C\CCCCCCCC(F)CC(=O)N(C)OC. The molecule has 57 heavy (non-hydrogen) atoms. The molecule has 6 heteroatoms. The van der Waals surface area contributed by atoms with Crippen LogP contribution in [0.2, 0.25) is 0 Å². The summed E-state index contributed by atoms with van der Waals surface area (Å²) in [5.41, 5.74) is 0. The van der Waals surface area contributed by atoms with Crippen LogP contribution in [0.25, 0.3) is 0 Å². The highest BCUT2D eigenvalue weighted by atomic mass is 19.1. The fraction of sp³-hybridized carbons (Fsp3) is 0.804. The first kappa shape index (κ1) is 57.0. The highest BCUT2D eigenvalue weighted by molar-refractivity contribution is 5.78. The van der Waals surface area contributed by atoms with Crippen molar-refractivity contribution in [1.29, 1.82) is 0 Å². The van der Waals surface area contributed by atoms with Crippen LogP contribution in [0, 0.1) is 0 Å². The Bertz CT molecular complexity index is 962. The molecule has 0 spiro atoms. The molecule has 0 radical (unpaired) electrons. The van der Waals surface area contributed by atoms with E-state index in [0.717, 1.165) is 75.7 Å². The van der Waals surface area contributed by atoms with E-state index in [2.05, 4.69) is 69.4 Å². The van der Waals surface area contributed by atoms with Gasteiger partial charge in [0.1, 0.15) is 18.1 Å². The second-order valence-electron chi connectivity index (χ2n) is 16.1. The Balaban J connectivity index is 0. The third kappa shape index (κ3) is 48.2. The predicted octanol–water partition coefficient (Wildman–Crippen LogP) is 16.8. The Labute approximate surface area is 353 Å². The maximum Gasteiger partial charge on any atom is 0.248 e. The zero-order valence-electron chi connectivity index (χ0n) is 38.2. The predicted molar refractivity (Wildman–Crippen MR) is 245 cm³/mol. The van der Waals surface area contributed by atoms with Gasteiger partial charge in [0.2, 0.25) is 5.91 Å². The molecule has 0 N–H and O–H groups in total. The van der Waals surface area contributed by atoms with Crippen LogP contribution in [0.1, 0.15) is 239 Å². The maximum atomic E-state index is 14.0.